The fraction of sp³-hybridized carbons (Fsp3) is 0.192. The lowest BCUT2D eigenvalue weighted by Gasteiger charge is -2.33. The largest absolute Gasteiger partial charge is 0.462 e. The van der Waals surface area contributed by atoms with E-state index < -0.39 is 29.7 Å². The van der Waals surface area contributed by atoms with E-state index in [2.05, 4.69) is 22.6 Å². The summed E-state index contributed by atoms with van der Waals surface area (Å²) >= 11 is 2.08. The number of hydrogen-bond donors (Lipinski definition) is 0. The minimum absolute atomic E-state index is 0.0844. The molecule has 0 saturated carbocycles. The summed E-state index contributed by atoms with van der Waals surface area (Å²) in [7, 11) is -8.87. The summed E-state index contributed by atoms with van der Waals surface area (Å²) in [5, 5.41) is 0. The van der Waals surface area contributed by atoms with Crippen LogP contribution in [0, 0.1) is 3.57 Å². The highest BCUT2D eigenvalue weighted by molar-refractivity contribution is 14.1. The van der Waals surface area contributed by atoms with Crippen LogP contribution in [0.25, 0.3) is 0 Å². The molecule has 0 spiro atoms. The van der Waals surface area contributed by atoms with Crippen molar-refractivity contribution in [2.24, 2.45) is 0 Å². The predicted octanol–water partition coefficient (Wildman–Crippen LogP) is 4.99. The zero-order valence-electron chi connectivity index (χ0n) is 19.0. The third kappa shape index (κ3) is 5.84. The number of carbonyl (C=O) groups is 1. The maximum absolute atomic E-state index is 14.3. The van der Waals surface area contributed by atoms with Crippen molar-refractivity contribution in [3.05, 3.63) is 106 Å². The molecule has 0 saturated heterocycles. The third-order valence-corrected chi connectivity index (χ3v) is 12.2. The van der Waals surface area contributed by atoms with Crippen molar-refractivity contribution in [2.75, 3.05) is 6.61 Å². The number of esters is 1. The summed E-state index contributed by atoms with van der Waals surface area (Å²) in [5.41, 5.74) is 0.598. The molecule has 0 radical (unpaired) electrons. The molecule has 0 aliphatic heterocycles. The molecule has 0 aliphatic rings. The molecule has 0 amide bonds. The molecule has 184 valence electrons. The van der Waals surface area contributed by atoms with Crippen molar-refractivity contribution in [2.45, 2.75) is 33.6 Å². The average molecular weight is 625 g/mol. The molecule has 3 rings (SSSR count). The van der Waals surface area contributed by atoms with Crippen molar-refractivity contribution < 1.29 is 26.4 Å². The Morgan fingerprint density at radius 3 is 1.77 bits per heavy atom. The lowest BCUT2D eigenvalue weighted by molar-refractivity contribution is -0.139. The van der Waals surface area contributed by atoms with Crippen molar-refractivity contribution in [1.82, 2.24) is 0 Å². The van der Waals surface area contributed by atoms with Crippen molar-refractivity contribution >= 4 is 48.2 Å². The van der Waals surface area contributed by atoms with E-state index in [9.17, 15) is 21.6 Å². The number of ether oxygens (including phenoxy) is 1. The molecule has 0 unspecified atom stereocenters. The molecule has 0 heterocycles. The number of sulfone groups is 2. The van der Waals surface area contributed by atoms with E-state index in [1.807, 2.05) is 12.1 Å². The maximum atomic E-state index is 14.3. The Morgan fingerprint density at radius 2 is 1.29 bits per heavy atom. The molecular formula is C26H25IO6S2. The number of halogens is 1. The Morgan fingerprint density at radius 1 is 0.800 bits per heavy atom. The van der Waals surface area contributed by atoms with Crippen molar-refractivity contribution in [3.8, 4) is 0 Å². The monoisotopic (exact) mass is 624 g/mol. The van der Waals surface area contributed by atoms with Crippen molar-refractivity contribution in [1.29, 1.82) is 0 Å². The first-order valence-corrected chi connectivity index (χ1v) is 14.8. The van der Waals surface area contributed by atoms with Gasteiger partial charge in [-0.3, -0.25) is 4.79 Å². The van der Waals surface area contributed by atoms with Gasteiger partial charge in [0.05, 0.1) is 9.79 Å². The minimum Gasteiger partial charge on any atom is -0.462 e. The molecule has 0 N–H and O–H groups in total. The Bertz CT molecular complexity index is 1330. The van der Waals surface area contributed by atoms with Gasteiger partial charge in [-0.2, -0.15) is 0 Å². The molecule has 9 heteroatoms. The summed E-state index contributed by atoms with van der Waals surface area (Å²) in [6, 6.07) is 22.3. The second-order valence-electron chi connectivity index (χ2n) is 7.79. The fourth-order valence-corrected chi connectivity index (χ4v) is 9.21. The number of benzene rings is 3. The van der Waals surface area contributed by atoms with Crippen molar-refractivity contribution in [3.63, 3.8) is 0 Å². The first-order valence-electron chi connectivity index (χ1n) is 10.7. The highest BCUT2D eigenvalue weighted by atomic mass is 127. The van der Waals surface area contributed by atoms with Crippen LogP contribution < -0.4 is 0 Å². The van der Waals surface area contributed by atoms with Gasteiger partial charge in [0.2, 0.25) is 0 Å². The second-order valence-corrected chi connectivity index (χ2v) is 13.7. The maximum Gasteiger partial charge on any atom is 0.302 e. The topological polar surface area (TPSA) is 94.6 Å². The van der Waals surface area contributed by atoms with Gasteiger partial charge in [0.1, 0.15) is 6.61 Å². The molecule has 0 aliphatic carbocycles. The number of allylic oxidation sites excluding steroid dienone is 1. The second kappa shape index (κ2) is 11.5. The smallest absolute Gasteiger partial charge is 0.302 e. The van der Waals surface area contributed by atoms with E-state index in [0.29, 0.717) is 5.56 Å². The van der Waals surface area contributed by atoms with Gasteiger partial charge in [-0.15, -0.1) is 0 Å². The Balaban J connectivity index is 2.29. The van der Waals surface area contributed by atoms with Crippen LogP contribution in [-0.4, -0.2) is 33.5 Å². The first kappa shape index (κ1) is 27.1. The van der Waals surface area contributed by atoms with E-state index >= 15 is 0 Å². The highest BCUT2D eigenvalue weighted by Gasteiger charge is 2.55. The number of hydrogen-bond acceptors (Lipinski definition) is 6. The Labute approximate surface area is 220 Å². The van der Waals surface area contributed by atoms with Gasteiger partial charge in [-0.1, -0.05) is 66.7 Å². The Kier molecular flexibility index (Phi) is 8.89. The van der Waals surface area contributed by atoms with Gasteiger partial charge in [-0.25, -0.2) is 16.8 Å². The van der Waals surface area contributed by atoms with Crippen LogP contribution in [0.5, 0.6) is 0 Å². The van der Waals surface area contributed by atoms with E-state index in [0.717, 1.165) is 3.57 Å². The molecular weight excluding hydrogens is 599 g/mol. The van der Waals surface area contributed by atoms with Crippen LogP contribution in [0.1, 0.15) is 18.9 Å². The number of rotatable bonds is 10. The average Bonchev–Trinajstić information content (AvgIpc) is 2.85. The zero-order chi connectivity index (χ0) is 25.5. The van der Waals surface area contributed by atoms with Gasteiger partial charge in [0, 0.05) is 23.3 Å². The van der Waals surface area contributed by atoms with Crippen LogP contribution >= 0.6 is 22.6 Å². The summed E-state index contributed by atoms with van der Waals surface area (Å²) in [4.78, 5) is 11.0. The molecule has 6 nitrogen and oxygen atoms in total. The number of carbonyl (C=O) groups excluding carboxylic acids is 1. The van der Waals surface area contributed by atoms with Crippen LogP contribution in [-0.2, 0) is 35.6 Å². The van der Waals surface area contributed by atoms with Gasteiger partial charge >= 0.3 is 5.97 Å². The SMILES string of the molecule is CC(=O)OCC=CCC(Cc1ccccc1I)(S(=O)(=O)c1ccccc1)S(=O)(=O)c1ccccc1. The standard InChI is InChI=1S/C26H25IO6S2/c1-21(28)33-19-11-10-18-26(20-22-12-8-9-17-25(22)27,34(29,30)23-13-4-2-5-14-23)35(31,32)24-15-6-3-7-16-24/h2-17H,18-20H2,1H3. The quantitative estimate of drug-likeness (QED) is 0.179. The normalized spacial score (nSPS) is 12.5. The van der Waals surface area contributed by atoms with E-state index in [1.165, 1.54) is 43.3 Å². The lowest BCUT2D eigenvalue weighted by Crippen LogP contribution is -2.48. The van der Waals surface area contributed by atoms with Gasteiger partial charge in [0.25, 0.3) is 0 Å². The van der Waals surface area contributed by atoms with E-state index in [1.54, 1.807) is 48.5 Å². The molecule has 0 bridgehead atoms. The van der Waals surface area contributed by atoms with Crippen LogP contribution in [0.3, 0.4) is 0 Å². The Hall–Kier alpha value is -2.50. The summed E-state index contributed by atoms with van der Waals surface area (Å²) in [6.45, 7) is 1.17. The summed E-state index contributed by atoms with van der Waals surface area (Å²) < 4.78 is 60.5. The molecule has 35 heavy (non-hydrogen) atoms. The van der Waals surface area contributed by atoms with E-state index in [-0.39, 0.29) is 29.2 Å². The third-order valence-electron chi connectivity index (χ3n) is 5.48. The lowest BCUT2D eigenvalue weighted by atomic mass is 10.1. The molecule has 0 atom stereocenters. The van der Waals surface area contributed by atoms with Gasteiger partial charge in [-0.05, 0) is 58.5 Å². The zero-order valence-corrected chi connectivity index (χ0v) is 22.8. The first-order chi connectivity index (χ1) is 16.6. The predicted molar refractivity (Wildman–Crippen MR) is 143 cm³/mol. The van der Waals surface area contributed by atoms with E-state index in [4.69, 9.17) is 4.74 Å². The summed E-state index contributed by atoms with van der Waals surface area (Å²) in [5.74, 6) is -0.492. The fourth-order valence-electron chi connectivity index (χ4n) is 3.68. The molecule has 0 fully saturated rings. The van der Waals surface area contributed by atoms with Crippen LogP contribution in [0.2, 0.25) is 0 Å². The van der Waals surface area contributed by atoms with Gasteiger partial charge in [0.15, 0.2) is 23.8 Å². The summed E-state index contributed by atoms with van der Waals surface area (Å²) in [6.07, 6.45) is 2.32. The van der Waals surface area contributed by atoms with Gasteiger partial charge < -0.3 is 4.74 Å². The molecule has 3 aromatic carbocycles. The molecule has 3 aromatic rings. The highest BCUT2D eigenvalue weighted by Crippen LogP contribution is 2.42. The van der Waals surface area contributed by atoms with Crippen LogP contribution in [0.15, 0.2) is 107 Å². The minimum atomic E-state index is -4.44. The van der Waals surface area contributed by atoms with Crippen LogP contribution in [0.4, 0.5) is 0 Å². The molecule has 0 aromatic heterocycles.